The van der Waals surface area contributed by atoms with Gasteiger partial charge in [0, 0.05) is 0 Å². The van der Waals surface area contributed by atoms with E-state index in [0.29, 0.717) is 0 Å². The molecule has 1 aromatic rings. The summed E-state index contributed by atoms with van der Waals surface area (Å²) in [6.45, 7) is 0. The third kappa shape index (κ3) is 13.5. The number of anilines is 3. The van der Waals surface area contributed by atoms with Crippen LogP contribution in [0.5, 0.6) is 0 Å². The smallest absolute Gasteiger partial charge is 0.789 e. The summed E-state index contributed by atoms with van der Waals surface area (Å²) in [4.78, 5) is 44.6. The normalized spacial score (nSPS) is 10.9. The molecule has 0 atom stereocenters. The van der Waals surface area contributed by atoms with Gasteiger partial charge in [0.25, 0.3) is 0 Å². The van der Waals surface area contributed by atoms with Crippen LogP contribution >= 0.6 is 15.6 Å². The Balaban J connectivity index is 0. The molecule has 0 amide bonds. The fraction of sp³-hybridized carbons (Fsp3) is 0. The topological polar surface area (TPSA) is 247 Å². The second-order valence-corrected chi connectivity index (χ2v) is 4.96. The average Bonchev–Trinajstić information content (AvgIpc) is 1.92. The van der Waals surface area contributed by atoms with E-state index in [4.69, 9.17) is 27.0 Å². The third-order valence-corrected chi connectivity index (χ3v) is 2.54. The van der Waals surface area contributed by atoms with Gasteiger partial charge in [-0.05, 0) is 0 Å². The molecule has 0 radical (unpaired) electrons. The summed E-state index contributed by atoms with van der Waals surface area (Å²) in [5.41, 5.74) is 15.4. The summed E-state index contributed by atoms with van der Waals surface area (Å²) < 4.78 is 21.7. The minimum absolute atomic E-state index is 0. The van der Waals surface area contributed by atoms with Crippen molar-refractivity contribution >= 4 is 33.5 Å². The molecular weight excluding hydrogens is 359 g/mol. The van der Waals surface area contributed by atoms with Crippen molar-refractivity contribution in [1.29, 1.82) is 0 Å². The van der Waals surface area contributed by atoms with Gasteiger partial charge in [0.15, 0.2) is 0 Å². The van der Waals surface area contributed by atoms with Gasteiger partial charge in [-0.25, -0.2) is 4.57 Å². The van der Waals surface area contributed by atoms with Gasteiger partial charge in [0.2, 0.25) is 17.8 Å². The SMILES string of the molecule is Nc1nc(N)nc(N)n1.O=P([O-])([O-])OP(=O)(O)O.[Zn+2]. The zero-order chi connectivity index (χ0) is 14.6. The Kier molecular flexibility index (Phi) is 8.44. The van der Waals surface area contributed by atoms with Crippen LogP contribution in [0.1, 0.15) is 0 Å². The van der Waals surface area contributed by atoms with Crippen molar-refractivity contribution in [3.63, 3.8) is 0 Å². The number of phosphoric acid groups is 2. The summed E-state index contributed by atoms with van der Waals surface area (Å²) >= 11 is 0. The molecule has 0 aliphatic heterocycles. The fourth-order valence-electron chi connectivity index (χ4n) is 0.557. The molecule has 104 valence electrons. The molecule has 13 nitrogen and oxygen atoms in total. The molecular formula is C3H8N6O7P2Zn. The van der Waals surface area contributed by atoms with Gasteiger partial charge in [-0.2, -0.15) is 15.0 Å². The van der Waals surface area contributed by atoms with Gasteiger partial charge < -0.3 is 41.3 Å². The molecule has 0 spiro atoms. The van der Waals surface area contributed by atoms with Crippen LogP contribution < -0.4 is 27.0 Å². The largest absolute Gasteiger partial charge is 2.00 e. The number of hydrogen-bond acceptors (Lipinski definition) is 11. The van der Waals surface area contributed by atoms with Crippen LogP contribution in [0, 0.1) is 0 Å². The number of rotatable bonds is 2. The minimum atomic E-state index is -5.55. The quantitative estimate of drug-likeness (QED) is 0.252. The summed E-state index contributed by atoms with van der Waals surface area (Å²) in [5, 5.41) is 0. The molecule has 0 bridgehead atoms. The van der Waals surface area contributed by atoms with E-state index in [0.717, 1.165) is 0 Å². The zero-order valence-corrected chi connectivity index (χ0v) is 13.9. The van der Waals surface area contributed by atoms with Crippen molar-refractivity contribution in [3.05, 3.63) is 0 Å². The monoisotopic (exact) mass is 366 g/mol. The predicted octanol–water partition coefficient (Wildman–Crippen LogP) is -3.46. The summed E-state index contributed by atoms with van der Waals surface area (Å²) in [6.07, 6.45) is 0. The Bertz CT molecular complexity index is 431. The molecule has 8 N–H and O–H groups in total. The van der Waals surface area contributed by atoms with Crippen LogP contribution in [0.3, 0.4) is 0 Å². The van der Waals surface area contributed by atoms with Crippen molar-refractivity contribution in [1.82, 2.24) is 15.0 Å². The van der Waals surface area contributed by atoms with Crippen LogP contribution in [-0.4, -0.2) is 24.7 Å². The van der Waals surface area contributed by atoms with Crippen LogP contribution in [0.4, 0.5) is 17.8 Å². The molecule has 0 aliphatic rings. The minimum Gasteiger partial charge on any atom is -0.789 e. The molecule has 1 heterocycles. The number of aromatic nitrogens is 3. The maximum Gasteiger partial charge on any atom is 2.00 e. The molecule has 0 fully saturated rings. The van der Waals surface area contributed by atoms with Crippen molar-refractivity contribution in [2.45, 2.75) is 0 Å². The third-order valence-electron chi connectivity index (χ3n) is 0.894. The Hall–Kier alpha value is -0.707. The molecule has 0 aromatic carbocycles. The van der Waals surface area contributed by atoms with Gasteiger partial charge in [0.05, 0.1) is 7.82 Å². The maximum absolute atomic E-state index is 9.55. The first kappa shape index (κ1) is 20.6. The van der Waals surface area contributed by atoms with Crippen molar-refractivity contribution in [2.75, 3.05) is 17.2 Å². The van der Waals surface area contributed by atoms with E-state index in [1.807, 2.05) is 0 Å². The van der Waals surface area contributed by atoms with E-state index < -0.39 is 15.6 Å². The molecule has 1 aromatic heterocycles. The van der Waals surface area contributed by atoms with Gasteiger partial charge in [-0.15, -0.1) is 0 Å². The van der Waals surface area contributed by atoms with E-state index >= 15 is 0 Å². The Labute approximate surface area is 118 Å². The molecule has 0 saturated heterocycles. The molecule has 0 unspecified atom stereocenters. The van der Waals surface area contributed by atoms with E-state index in [1.54, 1.807) is 0 Å². The Morgan fingerprint density at radius 1 is 0.947 bits per heavy atom. The molecule has 16 heteroatoms. The number of nitrogens with zero attached hydrogens (tertiary/aromatic N) is 3. The first-order chi connectivity index (χ1) is 7.89. The van der Waals surface area contributed by atoms with E-state index in [1.165, 1.54) is 0 Å². The fourth-order valence-corrected chi connectivity index (χ4v) is 1.60. The molecule has 1 rings (SSSR count). The number of hydrogen-bond donors (Lipinski definition) is 5. The number of nitrogens with two attached hydrogens (primary N) is 3. The van der Waals surface area contributed by atoms with E-state index in [9.17, 15) is 18.9 Å². The van der Waals surface area contributed by atoms with Crippen LogP contribution in [0.2, 0.25) is 0 Å². The van der Waals surface area contributed by atoms with Gasteiger partial charge in [-0.1, -0.05) is 0 Å². The van der Waals surface area contributed by atoms with E-state index in [-0.39, 0.29) is 37.3 Å². The first-order valence-electron chi connectivity index (χ1n) is 3.70. The first-order valence-corrected chi connectivity index (χ1v) is 6.69. The Morgan fingerprint density at radius 3 is 1.32 bits per heavy atom. The summed E-state index contributed by atoms with van der Waals surface area (Å²) in [7, 11) is -10.7. The van der Waals surface area contributed by atoms with Gasteiger partial charge in [0.1, 0.15) is 0 Å². The van der Waals surface area contributed by atoms with Crippen LogP contribution in [0.15, 0.2) is 0 Å². The van der Waals surface area contributed by atoms with Crippen molar-refractivity contribution < 1.29 is 52.5 Å². The molecule has 0 saturated carbocycles. The van der Waals surface area contributed by atoms with Crippen LogP contribution in [-0.2, 0) is 32.9 Å². The Morgan fingerprint density at radius 2 is 1.21 bits per heavy atom. The van der Waals surface area contributed by atoms with Gasteiger partial charge in [-0.3, -0.25) is 4.31 Å². The van der Waals surface area contributed by atoms with Crippen LogP contribution in [0.25, 0.3) is 0 Å². The number of nitrogen functional groups attached to an aromatic ring is 3. The average molecular weight is 367 g/mol. The van der Waals surface area contributed by atoms with Crippen molar-refractivity contribution in [3.8, 4) is 0 Å². The summed E-state index contributed by atoms with van der Waals surface area (Å²) in [5.74, 6) is 0.125. The predicted molar refractivity (Wildman–Crippen MR) is 53.8 cm³/mol. The molecule has 0 aliphatic carbocycles. The second kappa shape index (κ2) is 7.78. The maximum atomic E-state index is 9.55. The van der Waals surface area contributed by atoms with E-state index in [2.05, 4.69) is 19.3 Å². The van der Waals surface area contributed by atoms with Crippen molar-refractivity contribution in [2.24, 2.45) is 0 Å². The standard InChI is InChI=1S/C3H6N6.H4O7P2.Zn/c4-1-7-2(5)9-3(6)8-1;1-8(2,3)7-9(4,5)6;/h(H6,4,5,6,7,8,9);(H2,1,2,3)(H2,4,5,6);/q;;+2/p-2. The molecule has 19 heavy (non-hydrogen) atoms. The van der Waals surface area contributed by atoms with Gasteiger partial charge >= 0.3 is 27.3 Å². The second-order valence-electron chi connectivity index (χ2n) is 2.43. The zero-order valence-electron chi connectivity index (χ0n) is 9.11. The summed E-state index contributed by atoms with van der Waals surface area (Å²) in [6, 6.07) is 0.